The van der Waals surface area contributed by atoms with Crippen LogP contribution in [0.4, 0.5) is 0 Å². The number of primary amides is 1. The number of carboxylic acids is 2. The minimum Gasteiger partial charge on any atom is -0.508 e. The number of nitrogens with two attached hydrogens (primary N) is 2. The van der Waals surface area contributed by atoms with E-state index in [1.165, 1.54) is 29.2 Å². The maximum Gasteiger partial charge on any atom is 0.326 e. The van der Waals surface area contributed by atoms with Crippen molar-refractivity contribution in [3.8, 4) is 5.75 Å². The third-order valence-electron chi connectivity index (χ3n) is 5.58. The molecule has 0 aliphatic carbocycles. The molecular formula is C22H29N5O9. The summed E-state index contributed by atoms with van der Waals surface area (Å²) in [5, 5.41) is 32.3. The Bertz CT molecular complexity index is 1010. The minimum atomic E-state index is -1.74. The smallest absolute Gasteiger partial charge is 0.326 e. The van der Waals surface area contributed by atoms with E-state index in [1.807, 2.05) is 0 Å². The van der Waals surface area contributed by atoms with Gasteiger partial charge in [-0.05, 0) is 30.5 Å². The van der Waals surface area contributed by atoms with Gasteiger partial charge in [0.1, 0.15) is 23.9 Å². The number of nitrogens with zero attached hydrogens (tertiary/aromatic N) is 1. The first-order valence-corrected chi connectivity index (χ1v) is 11.1. The third-order valence-corrected chi connectivity index (χ3v) is 5.58. The van der Waals surface area contributed by atoms with E-state index in [1.54, 1.807) is 0 Å². The summed E-state index contributed by atoms with van der Waals surface area (Å²) >= 11 is 0. The molecule has 0 radical (unpaired) electrons. The fraction of sp³-hybridized carbons (Fsp3) is 0.455. The summed E-state index contributed by atoms with van der Waals surface area (Å²) in [5.74, 6) is -6.16. The van der Waals surface area contributed by atoms with Gasteiger partial charge in [-0.1, -0.05) is 12.1 Å². The predicted molar refractivity (Wildman–Crippen MR) is 122 cm³/mol. The molecule has 1 aromatic carbocycles. The van der Waals surface area contributed by atoms with E-state index in [-0.39, 0.29) is 25.1 Å². The highest BCUT2D eigenvalue weighted by atomic mass is 16.4. The summed E-state index contributed by atoms with van der Waals surface area (Å²) in [4.78, 5) is 73.4. The van der Waals surface area contributed by atoms with Crippen LogP contribution in [0.5, 0.6) is 5.75 Å². The number of aromatic hydroxyl groups is 1. The number of benzene rings is 1. The van der Waals surface area contributed by atoms with Crippen LogP contribution >= 0.6 is 0 Å². The number of phenols is 1. The molecule has 1 heterocycles. The summed E-state index contributed by atoms with van der Waals surface area (Å²) in [6.45, 7) is 0.192. The molecule has 1 saturated heterocycles. The Balaban J connectivity index is 2.22. The van der Waals surface area contributed by atoms with Crippen LogP contribution in [0.1, 0.15) is 31.2 Å². The number of hydrogen-bond donors (Lipinski definition) is 7. The van der Waals surface area contributed by atoms with Crippen LogP contribution in [0.25, 0.3) is 0 Å². The molecule has 1 aliphatic heterocycles. The number of carboxylic acid groups (broad SMARTS) is 2. The van der Waals surface area contributed by atoms with Crippen LogP contribution in [-0.2, 0) is 35.2 Å². The van der Waals surface area contributed by atoms with Crippen molar-refractivity contribution in [2.24, 2.45) is 11.5 Å². The Hall–Kier alpha value is -4.20. The Morgan fingerprint density at radius 1 is 1.00 bits per heavy atom. The van der Waals surface area contributed by atoms with E-state index in [0.717, 1.165) is 0 Å². The zero-order valence-corrected chi connectivity index (χ0v) is 19.3. The zero-order valence-electron chi connectivity index (χ0n) is 19.3. The van der Waals surface area contributed by atoms with Crippen molar-refractivity contribution in [1.29, 1.82) is 0 Å². The second-order valence-corrected chi connectivity index (χ2v) is 8.40. The van der Waals surface area contributed by atoms with Crippen LogP contribution in [0.3, 0.4) is 0 Å². The Morgan fingerprint density at radius 2 is 1.64 bits per heavy atom. The van der Waals surface area contributed by atoms with Gasteiger partial charge in [-0.15, -0.1) is 0 Å². The average Bonchev–Trinajstić information content (AvgIpc) is 3.28. The molecule has 14 nitrogen and oxygen atoms in total. The van der Waals surface area contributed by atoms with E-state index in [9.17, 15) is 39.0 Å². The second kappa shape index (κ2) is 12.5. The highest BCUT2D eigenvalue weighted by Gasteiger charge is 2.38. The SMILES string of the molecule is NC(=O)CC(N)C(=O)N1CCCC1C(=O)NC(Cc1ccc(O)cc1)C(=O)NC(CC(=O)O)C(=O)O. The molecule has 2 rings (SSSR count). The quantitative estimate of drug-likeness (QED) is 0.159. The Kier molecular flexibility index (Phi) is 9.73. The summed E-state index contributed by atoms with van der Waals surface area (Å²) in [7, 11) is 0. The van der Waals surface area contributed by atoms with Gasteiger partial charge in [0.2, 0.25) is 23.6 Å². The van der Waals surface area contributed by atoms with Gasteiger partial charge in [0.25, 0.3) is 0 Å². The van der Waals surface area contributed by atoms with Crippen LogP contribution in [0, 0.1) is 0 Å². The lowest BCUT2D eigenvalue weighted by molar-refractivity contribution is -0.147. The summed E-state index contributed by atoms with van der Waals surface area (Å²) in [6.07, 6.45) is -0.703. The summed E-state index contributed by atoms with van der Waals surface area (Å²) in [5.41, 5.74) is 11.3. The Labute approximate surface area is 205 Å². The molecule has 4 atom stereocenters. The van der Waals surface area contributed by atoms with Crippen molar-refractivity contribution in [2.75, 3.05) is 6.54 Å². The van der Waals surface area contributed by atoms with E-state index in [4.69, 9.17) is 16.6 Å². The van der Waals surface area contributed by atoms with Crippen molar-refractivity contribution < 1.29 is 44.1 Å². The molecule has 196 valence electrons. The highest BCUT2D eigenvalue weighted by molar-refractivity contribution is 5.95. The van der Waals surface area contributed by atoms with Crippen LogP contribution < -0.4 is 22.1 Å². The van der Waals surface area contributed by atoms with Crippen molar-refractivity contribution >= 4 is 35.6 Å². The topological polar surface area (TPSA) is 242 Å². The number of nitrogens with one attached hydrogen (secondary N) is 2. The first-order chi connectivity index (χ1) is 16.9. The largest absolute Gasteiger partial charge is 0.508 e. The molecule has 0 spiro atoms. The number of amides is 4. The maximum absolute atomic E-state index is 13.1. The zero-order chi connectivity index (χ0) is 27.0. The summed E-state index contributed by atoms with van der Waals surface area (Å²) < 4.78 is 0. The fourth-order valence-corrected chi connectivity index (χ4v) is 3.81. The molecule has 0 aromatic heterocycles. The van der Waals surface area contributed by atoms with E-state index >= 15 is 0 Å². The van der Waals surface area contributed by atoms with Crippen LogP contribution in [0.15, 0.2) is 24.3 Å². The van der Waals surface area contributed by atoms with E-state index in [0.29, 0.717) is 12.0 Å². The van der Waals surface area contributed by atoms with Gasteiger partial charge in [-0.2, -0.15) is 0 Å². The number of hydrogen-bond acceptors (Lipinski definition) is 8. The van der Waals surface area contributed by atoms with Gasteiger partial charge < -0.3 is 42.3 Å². The molecule has 36 heavy (non-hydrogen) atoms. The normalized spacial score (nSPS) is 17.5. The van der Waals surface area contributed by atoms with Gasteiger partial charge in [0, 0.05) is 13.0 Å². The van der Waals surface area contributed by atoms with Crippen molar-refractivity contribution in [3.05, 3.63) is 29.8 Å². The highest BCUT2D eigenvalue weighted by Crippen LogP contribution is 2.20. The lowest BCUT2D eigenvalue weighted by atomic mass is 10.0. The van der Waals surface area contributed by atoms with E-state index < -0.39 is 72.6 Å². The van der Waals surface area contributed by atoms with Gasteiger partial charge in [-0.3, -0.25) is 24.0 Å². The standard InChI is InChI=1S/C22H29N5O9/c23-13(9-17(24)29)21(34)27-7-1-2-16(27)20(33)25-14(8-11-3-5-12(28)6-4-11)19(32)26-15(22(35)36)10-18(30)31/h3-6,13-16,28H,1-2,7-10,23H2,(H2,24,29)(H,25,33)(H,26,32)(H,30,31)(H,35,36). The first kappa shape index (κ1) is 28.0. The van der Waals surface area contributed by atoms with Crippen LogP contribution in [-0.4, -0.2) is 86.5 Å². The molecule has 14 heteroatoms. The molecule has 1 fully saturated rings. The number of rotatable bonds is 12. The third kappa shape index (κ3) is 7.94. The van der Waals surface area contributed by atoms with Crippen molar-refractivity contribution in [3.63, 3.8) is 0 Å². The number of carbonyl (C=O) groups excluding carboxylic acids is 4. The fourth-order valence-electron chi connectivity index (χ4n) is 3.81. The average molecular weight is 508 g/mol. The Morgan fingerprint density at radius 3 is 2.19 bits per heavy atom. The van der Waals surface area contributed by atoms with Gasteiger partial charge in [0.05, 0.1) is 18.9 Å². The van der Waals surface area contributed by atoms with Crippen molar-refractivity contribution in [2.45, 2.75) is 56.3 Å². The van der Waals surface area contributed by atoms with Crippen LogP contribution in [0.2, 0.25) is 0 Å². The lowest BCUT2D eigenvalue weighted by Crippen LogP contribution is -2.57. The van der Waals surface area contributed by atoms with Gasteiger partial charge in [0.15, 0.2) is 0 Å². The first-order valence-electron chi connectivity index (χ1n) is 11.1. The van der Waals surface area contributed by atoms with E-state index in [2.05, 4.69) is 10.6 Å². The number of aliphatic carboxylic acids is 2. The molecule has 4 amide bonds. The summed E-state index contributed by atoms with van der Waals surface area (Å²) in [6, 6.07) is 0.367. The second-order valence-electron chi connectivity index (χ2n) is 8.40. The monoisotopic (exact) mass is 507 g/mol. The molecule has 1 aromatic rings. The molecule has 1 aliphatic rings. The van der Waals surface area contributed by atoms with Gasteiger partial charge in [-0.25, -0.2) is 4.79 Å². The number of carbonyl (C=O) groups is 6. The molecule has 9 N–H and O–H groups in total. The predicted octanol–water partition coefficient (Wildman–Crippen LogP) is -2.34. The minimum absolute atomic E-state index is 0.0383. The number of likely N-dealkylation sites (tertiary alicyclic amines) is 1. The molecular weight excluding hydrogens is 478 g/mol. The maximum atomic E-state index is 13.1. The lowest BCUT2D eigenvalue weighted by Gasteiger charge is -2.28. The van der Waals surface area contributed by atoms with Gasteiger partial charge >= 0.3 is 11.9 Å². The molecule has 0 bridgehead atoms. The molecule has 4 unspecified atom stereocenters. The van der Waals surface area contributed by atoms with Crippen molar-refractivity contribution in [1.82, 2.24) is 15.5 Å². The molecule has 0 saturated carbocycles. The number of phenolic OH excluding ortho intramolecular Hbond substituents is 1.